The predicted octanol–water partition coefficient (Wildman–Crippen LogP) is 4.20. The number of benzene rings is 2. The highest BCUT2D eigenvalue weighted by Gasteiger charge is 2.39. The first-order chi connectivity index (χ1) is 18.1. The quantitative estimate of drug-likeness (QED) is 0.480. The minimum atomic E-state index is -4.72. The maximum Gasteiger partial charge on any atom is 0.416 e. The summed E-state index contributed by atoms with van der Waals surface area (Å²) < 4.78 is 43.9. The molecular weight excluding hydrogens is 523 g/mol. The molecule has 0 radical (unpaired) electrons. The largest absolute Gasteiger partial charge is 0.416 e. The topological polar surface area (TPSA) is 89.2 Å². The number of carbonyl (C=O) groups excluding carboxylic acids is 2. The molecule has 12 heteroatoms. The van der Waals surface area contributed by atoms with E-state index in [0.29, 0.717) is 29.5 Å². The van der Waals surface area contributed by atoms with E-state index < -0.39 is 41.8 Å². The molecule has 5 rings (SSSR count). The SMILES string of the molecule is O=C(Cn1nc(-c2ccc(Cl)cc2)n(C2CC2)c1=O)NC(C(=O)N1CCCC1)c1ccccc1C(F)(F)F. The van der Waals surface area contributed by atoms with Gasteiger partial charge in [0.2, 0.25) is 11.8 Å². The fraction of sp³-hybridized carbons (Fsp3) is 0.385. The van der Waals surface area contributed by atoms with Crippen molar-refractivity contribution in [2.75, 3.05) is 13.1 Å². The summed E-state index contributed by atoms with van der Waals surface area (Å²) in [5.41, 5.74) is -1.22. The summed E-state index contributed by atoms with van der Waals surface area (Å²) >= 11 is 5.98. The van der Waals surface area contributed by atoms with Crippen LogP contribution in [0.25, 0.3) is 11.4 Å². The molecule has 1 saturated carbocycles. The smallest absolute Gasteiger partial charge is 0.341 e. The molecule has 2 heterocycles. The van der Waals surface area contributed by atoms with Crippen LogP contribution >= 0.6 is 11.6 Å². The van der Waals surface area contributed by atoms with E-state index in [1.165, 1.54) is 27.7 Å². The van der Waals surface area contributed by atoms with E-state index in [-0.39, 0.29) is 11.6 Å². The number of carbonyl (C=O) groups is 2. The predicted molar refractivity (Wildman–Crippen MR) is 133 cm³/mol. The van der Waals surface area contributed by atoms with Gasteiger partial charge in [-0.05, 0) is 61.6 Å². The maximum atomic E-state index is 13.8. The summed E-state index contributed by atoms with van der Waals surface area (Å²) in [4.78, 5) is 41.0. The Kier molecular flexibility index (Phi) is 7.04. The van der Waals surface area contributed by atoms with Gasteiger partial charge in [-0.2, -0.15) is 13.2 Å². The summed E-state index contributed by atoms with van der Waals surface area (Å²) in [6, 6.07) is 9.84. The zero-order chi connectivity index (χ0) is 27.0. The third kappa shape index (κ3) is 5.33. The van der Waals surface area contributed by atoms with Gasteiger partial charge in [-0.1, -0.05) is 29.8 Å². The van der Waals surface area contributed by atoms with Crippen molar-refractivity contribution >= 4 is 23.4 Å². The highest BCUT2D eigenvalue weighted by Crippen LogP contribution is 2.37. The second-order valence-electron chi connectivity index (χ2n) is 9.49. The van der Waals surface area contributed by atoms with Crippen LogP contribution < -0.4 is 11.0 Å². The number of likely N-dealkylation sites (tertiary alicyclic amines) is 1. The second kappa shape index (κ2) is 10.3. The highest BCUT2D eigenvalue weighted by atomic mass is 35.5. The van der Waals surface area contributed by atoms with Crippen molar-refractivity contribution in [3.8, 4) is 11.4 Å². The molecule has 1 unspecified atom stereocenters. The van der Waals surface area contributed by atoms with Crippen LogP contribution in [0.4, 0.5) is 13.2 Å². The van der Waals surface area contributed by atoms with E-state index in [0.717, 1.165) is 36.4 Å². The molecule has 0 bridgehead atoms. The molecule has 1 aromatic heterocycles. The normalized spacial score (nSPS) is 16.5. The molecule has 1 aliphatic carbocycles. The van der Waals surface area contributed by atoms with Crippen LogP contribution in [-0.2, 0) is 22.3 Å². The third-order valence-corrected chi connectivity index (χ3v) is 6.98. The van der Waals surface area contributed by atoms with Gasteiger partial charge in [0.05, 0.1) is 5.56 Å². The number of amides is 2. The minimum Gasteiger partial charge on any atom is -0.341 e. The first-order valence-corrected chi connectivity index (χ1v) is 12.7. The van der Waals surface area contributed by atoms with Crippen LogP contribution in [0.2, 0.25) is 5.02 Å². The summed E-state index contributed by atoms with van der Waals surface area (Å²) in [5.74, 6) is -1.05. The van der Waals surface area contributed by atoms with Gasteiger partial charge in [0.1, 0.15) is 12.6 Å². The lowest BCUT2D eigenvalue weighted by atomic mass is 9.98. The van der Waals surface area contributed by atoms with Crippen LogP contribution in [0.5, 0.6) is 0 Å². The van der Waals surface area contributed by atoms with Gasteiger partial charge >= 0.3 is 11.9 Å². The van der Waals surface area contributed by atoms with Crippen LogP contribution in [0.1, 0.15) is 48.9 Å². The summed E-state index contributed by atoms with van der Waals surface area (Å²) in [6.45, 7) is 0.237. The first kappa shape index (κ1) is 26.0. The number of aromatic nitrogens is 3. The summed E-state index contributed by atoms with van der Waals surface area (Å²) in [5, 5.41) is 7.33. The van der Waals surface area contributed by atoms with Gasteiger partial charge in [0.15, 0.2) is 5.82 Å². The molecule has 1 N–H and O–H groups in total. The van der Waals surface area contributed by atoms with Crippen LogP contribution in [0, 0.1) is 0 Å². The molecule has 0 spiro atoms. The Labute approximate surface area is 221 Å². The molecule has 2 aliphatic rings. The van der Waals surface area contributed by atoms with Crippen molar-refractivity contribution in [1.29, 1.82) is 0 Å². The van der Waals surface area contributed by atoms with Gasteiger partial charge in [-0.3, -0.25) is 14.2 Å². The minimum absolute atomic E-state index is 0.0480. The van der Waals surface area contributed by atoms with E-state index >= 15 is 0 Å². The number of alkyl halides is 3. The zero-order valence-electron chi connectivity index (χ0n) is 20.2. The Morgan fingerprint density at radius 2 is 1.71 bits per heavy atom. The van der Waals surface area contributed by atoms with Crippen molar-refractivity contribution in [1.82, 2.24) is 24.6 Å². The van der Waals surface area contributed by atoms with Crippen molar-refractivity contribution < 1.29 is 22.8 Å². The molecular formula is C26H25ClF3N5O3. The zero-order valence-corrected chi connectivity index (χ0v) is 21.0. The fourth-order valence-corrected chi connectivity index (χ4v) is 4.85. The van der Waals surface area contributed by atoms with E-state index in [1.807, 2.05) is 0 Å². The monoisotopic (exact) mass is 547 g/mol. The van der Waals surface area contributed by atoms with Gasteiger partial charge in [0, 0.05) is 29.7 Å². The molecule has 3 aromatic rings. The van der Waals surface area contributed by atoms with Crippen molar-refractivity contribution in [2.45, 2.75) is 50.5 Å². The van der Waals surface area contributed by atoms with Crippen molar-refractivity contribution in [3.63, 3.8) is 0 Å². The number of nitrogens with zero attached hydrogens (tertiary/aromatic N) is 4. The van der Waals surface area contributed by atoms with Gasteiger partial charge in [-0.15, -0.1) is 5.10 Å². The lowest BCUT2D eigenvalue weighted by molar-refractivity contribution is -0.141. The van der Waals surface area contributed by atoms with Crippen molar-refractivity contribution in [2.24, 2.45) is 0 Å². The first-order valence-electron chi connectivity index (χ1n) is 12.3. The highest BCUT2D eigenvalue weighted by molar-refractivity contribution is 6.30. The Morgan fingerprint density at radius 1 is 1.05 bits per heavy atom. The standard InChI is InChI=1S/C26H25ClF3N5O3/c27-17-9-7-16(8-10-17)23-32-34(25(38)35(23)18-11-12-18)15-21(36)31-22(24(37)33-13-3-4-14-33)19-5-1-2-6-20(19)26(28,29)30/h1-2,5-10,18,22H,3-4,11-15H2,(H,31,36). The lowest BCUT2D eigenvalue weighted by Crippen LogP contribution is -2.44. The van der Waals surface area contributed by atoms with E-state index in [1.54, 1.807) is 24.3 Å². The number of halogens is 4. The molecule has 1 atom stereocenters. The van der Waals surface area contributed by atoms with Gasteiger partial charge < -0.3 is 10.2 Å². The molecule has 200 valence electrons. The lowest BCUT2D eigenvalue weighted by Gasteiger charge is -2.26. The summed E-state index contributed by atoms with van der Waals surface area (Å²) in [7, 11) is 0. The van der Waals surface area contributed by atoms with Crippen LogP contribution in [-0.4, -0.2) is 44.2 Å². The fourth-order valence-electron chi connectivity index (χ4n) is 4.72. The molecule has 2 aromatic carbocycles. The van der Waals surface area contributed by atoms with Crippen molar-refractivity contribution in [3.05, 3.63) is 75.2 Å². The van der Waals surface area contributed by atoms with E-state index in [2.05, 4.69) is 10.4 Å². The molecule has 2 amide bonds. The Bertz CT molecular complexity index is 1410. The number of nitrogens with one attached hydrogen (secondary N) is 1. The van der Waals surface area contributed by atoms with E-state index in [9.17, 15) is 27.6 Å². The maximum absolute atomic E-state index is 13.8. The summed E-state index contributed by atoms with van der Waals surface area (Å²) in [6.07, 6.45) is -1.68. The van der Waals surface area contributed by atoms with Crippen LogP contribution in [0.15, 0.2) is 53.3 Å². The van der Waals surface area contributed by atoms with Gasteiger partial charge in [0.25, 0.3) is 0 Å². The average molecular weight is 548 g/mol. The number of hydrogen-bond donors (Lipinski definition) is 1. The van der Waals surface area contributed by atoms with E-state index in [4.69, 9.17) is 11.6 Å². The third-order valence-electron chi connectivity index (χ3n) is 6.73. The Balaban J connectivity index is 1.45. The number of rotatable bonds is 7. The van der Waals surface area contributed by atoms with Gasteiger partial charge in [-0.25, -0.2) is 9.48 Å². The molecule has 2 fully saturated rings. The molecule has 1 saturated heterocycles. The van der Waals surface area contributed by atoms with Crippen LogP contribution in [0.3, 0.4) is 0 Å². The molecule has 38 heavy (non-hydrogen) atoms. The Morgan fingerprint density at radius 3 is 2.34 bits per heavy atom. The Hall–Kier alpha value is -3.60. The number of hydrogen-bond acceptors (Lipinski definition) is 4. The molecule has 1 aliphatic heterocycles. The molecule has 8 nitrogen and oxygen atoms in total. The average Bonchev–Trinajstić information content (AvgIpc) is 3.46. The second-order valence-corrected chi connectivity index (χ2v) is 9.93.